The van der Waals surface area contributed by atoms with Crippen molar-refractivity contribution in [3.05, 3.63) is 130 Å². The Balaban J connectivity index is 0.00000192. The van der Waals surface area contributed by atoms with E-state index in [9.17, 15) is 0 Å². The van der Waals surface area contributed by atoms with Gasteiger partial charge in [-0.15, -0.1) is 0 Å². The first-order valence-corrected chi connectivity index (χ1v) is 22.8. The van der Waals surface area contributed by atoms with Gasteiger partial charge in [0.1, 0.15) is 0 Å². The van der Waals surface area contributed by atoms with Crippen LogP contribution in [0.15, 0.2) is 108 Å². The van der Waals surface area contributed by atoms with Crippen LogP contribution in [-0.2, 0) is 20.3 Å². The predicted octanol–water partition coefficient (Wildman–Crippen LogP) is 6.38. The van der Waals surface area contributed by atoms with E-state index >= 15 is 0 Å². The summed E-state index contributed by atoms with van der Waals surface area (Å²) in [4.78, 5) is 0. The van der Waals surface area contributed by atoms with E-state index in [1.807, 2.05) is 0 Å². The van der Waals surface area contributed by atoms with Crippen molar-refractivity contribution in [2.45, 2.75) is 74.3 Å². The molecule has 0 bridgehead atoms. The Morgan fingerprint density at radius 1 is 0.545 bits per heavy atom. The summed E-state index contributed by atoms with van der Waals surface area (Å²) in [5.74, 6) is 0. The third-order valence-electron chi connectivity index (χ3n) is 10.5. The first-order chi connectivity index (χ1) is 20.7. The summed E-state index contributed by atoms with van der Waals surface area (Å²) in [7, 11) is 0. The molecule has 0 spiro atoms. The molecule has 0 saturated carbocycles. The Morgan fingerprint density at radius 3 is 1.34 bits per heavy atom. The maximum absolute atomic E-state index is 2.83. The SMILES string of the molecule is CCCCC1=Cc2c(-c3ccccc3)cccc2[CH]1[Zr+2]1([CH]2C(CCCC)=Cc3c(-c4ccccc4)cccc32)[CH2]C[CH2]1.[Cl-].[Cl-]. The van der Waals surface area contributed by atoms with Crippen molar-refractivity contribution in [1.82, 2.24) is 0 Å². The van der Waals surface area contributed by atoms with E-state index in [1.54, 1.807) is 22.3 Å². The van der Waals surface area contributed by atoms with E-state index in [-0.39, 0.29) is 24.8 Å². The van der Waals surface area contributed by atoms with Gasteiger partial charge in [-0.05, 0) is 0 Å². The summed E-state index contributed by atoms with van der Waals surface area (Å²) in [5.41, 5.74) is 15.6. The molecule has 1 heterocycles. The zero-order valence-corrected chi connectivity index (χ0v) is 30.1. The Bertz CT molecular complexity index is 1510. The molecule has 0 nitrogen and oxygen atoms in total. The molecule has 0 amide bonds. The maximum atomic E-state index is 2.68. The van der Waals surface area contributed by atoms with Gasteiger partial charge in [0.15, 0.2) is 0 Å². The van der Waals surface area contributed by atoms with Gasteiger partial charge in [-0.2, -0.15) is 0 Å². The van der Waals surface area contributed by atoms with Crippen LogP contribution in [0.3, 0.4) is 0 Å². The fourth-order valence-electron chi connectivity index (χ4n) is 8.55. The van der Waals surface area contributed by atoms with Crippen LogP contribution < -0.4 is 24.8 Å². The number of halogens is 2. The topological polar surface area (TPSA) is 0 Å². The smallest absolute Gasteiger partial charge is 1.00 e. The standard InChI is InChI=1S/2C19H19.C3H6.2ClH.Zr/c2*1-2-3-8-15-13-17-11-7-12-18(19(17)14-15)16-9-5-4-6-10-16;1-3-2;;;/h2*4-7,9-14H,2-3,8H2,1H3;1-3H2;2*1H;/q;;;;;+2/p-2. The third-order valence-corrected chi connectivity index (χ3v) is 25.9. The van der Waals surface area contributed by atoms with Crippen molar-refractivity contribution in [2.24, 2.45) is 0 Å². The molecule has 4 aromatic carbocycles. The van der Waals surface area contributed by atoms with Crippen LogP contribution in [0.1, 0.15) is 88.3 Å². The van der Waals surface area contributed by atoms with Gasteiger partial charge < -0.3 is 24.8 Å². The molecular formula is C41H44Cl2Zr. The van der Waals surface area contributed by atoms with Gasteiger partial charge >= 0.3 is 259 Å². The second-order valence-corrected chi connectivity index (χ2v) is 24.3. The van der Waals surface area contributed by atoms with Crippen molar-refractivity contribution in [3.8, 4) is 22.3 Å². The van der Waals surface area contributed by atoms with Gasteiger partial charge in [0, 0.05) is 0 Å². The normalized spacial score (nSPS) is 18.3. The number of allylic oxidation sites excluding steroid dienone is 2. The minimum Gasteiger partial charge on any atom is -1.00 e. The number of unbranched alkanes of at least 4 members (excludes halogenated alkanes) is 2. The fourth-order valence-corrected chi connectivity index (χ4v) is 24.1. The van der Waals surface area contributed by atoms with Gasteiger partial charge in [0.05, 0.1) is 0 Å². The minimum absolute atomic E-state index is 0. The molecule has 2 atom stereocenters. The first kappa shape index (κ1) is 33.2. The molecule has 3 heteroatoms. The minimum atomic E-state index is -2.83. The molecule has 3 aliphatic rings. The van der Waals surface area contributed by atoms with Gasteiger partial charge in [0.25, 0.3) is 0 Å². The Hall–Kier alpha value is -2.18. The summed E-state index contributed by atoms with van der Waals surface area (Å²) in [6.07, 6.45) is 14.5. The van der Waals surface area contributed by atoms with Crippen LogP contribution in [0.2, 0.25) is 8.26 Å². The molecule has 1 fully saturated rings. The zero-order chi connectivity index (χ0) is 28.5. The van der Waals surface area contributed by atoms with Crippen LogP contribution in [-0.4, -0.2) is 0 Å². The summed E-state index contributed by atoms with van der Waals surface area (Å²) in [5, 5.41) is 0. The molecule has 4 aromatic rings. The zero-order valence-electron chi connectivity index (χ0n) is 26.2. The maximum Gasteiger partial charge on any atom is -1.00 e. The number of benzene rings is 4. The van der Waals surface area contributed by atoms with E-state index in [0.717, 1.165) is 0 Å². The monoisotopic (exact) mass is 696 g/mol. The molecule has 1 saturated heterocycles. The summed E-state index contributed by atoms with van der Waals surface area (Å²) >= 11 is -2.83. The van der Waals surface area contributed by atoms with E-state index < -0.39 is 20.3 Å². The van der Waals surface area contributed by atoms with Crippen LogP contribution in [0.4, 0.5) is 0 Å². The number of rotatable bonds is 10. The summed E-state index contributed by atoms with van der Waals surface area (Å²) in [6.45, 7) is 4.72. The number of hydrogen-bond donors (Lipinski definition) is 0. The van der Waals surface area contributed by atoms with Gasteiger partial charge in [-0.3, -0.25) is 0 Å². The molecule has 0 N–H and O–H groups in total. The number of hydrogen-bond acceptors (Lipinski definition) is 0. The van der Waals surface area contributed by atoms with E-state index in [1.165, 1.54) is 86.6 Å². The van der Waals surface area contributed by atoms with Crippen molar-refractivity contribution < 1.29 is 45.1 Å². The fraction of sp³-hybridized carbons (Fsp3) is 0.317. The van der Waals surface area contributed by atoms with Crippen LogP contribution in [0.25, 0.3) is 34.4 Å². The molecule has 44 heavy (non-hydrogen) atoms. The van der Waals surface area contributed by atoms with Crippen LogP contribution in [0.5, 0.6) is 0 Å². The van der Waals surface area contributed by atoms with E-state index in [0.29, 0.717) is 7.25 Å². The van der Waals surface area contributed by atoms with E-state index in [4.69, 9.17) is 0 Å². The Labute approximate surface area is 282 Å². The van der Waals surface area contributed by atoms with Crippen molar-refractivity contribution in [1.29, 1.82) is 0 Å². The molecule has 226 valence electrons. The van der Waals surface area contributed by atoms with Gasteiger partial charge in [-0.1, -0.05) is 0 Å². The number of fused-ring (bicyclic) bond motifs is 2. The van der Waals surface area contributed by atoms with Gasteiger partial charge in [-0.25, -0.2) is 0 Å². The average Bonchev–Trinajstić information content (AvgIpc) is 3.58. The van der Waals surface area contributed by atoms with Crippen molar-refractivity contribution in [2.75, 3.05) is 0 Å². The van der Waals surface area contributed by atoms with E-state index in [2.05, 4.69) is 123 Å². The molecule has 0 aromatic heterocycles. The third kappa shape index (κ3) is 5.79. The molecule has 2 aliphatic carbocycles. The second-order valence-electron chi connectivity index (χ2n) is 12.9. The molecule has 0 radical (unpaired) electrons. The molecule has 1 aliphatic heterocycles. The predicted molar refractivity (Wildman–Crippen MR) is 178 cm³/mol. The van der Waals surface area contributed by atoms with Crippen molar-refractivity contribution in [3.63, 3.8) is 0 Å². The van der Waals surface area contributed by atoms with Gasteiger partial charge in [0.2, 0.25) is 0 Å². The quantitative estimate of drug-likeness (QED) is 0.181. The average molecular weight is 699 g/mol. The molecule has 7 rings (SSSR count). The largest absolute Gasteiger partial charge is 1.00 e. The first-order valence-electron chi connectivity index (χ1n) is 16.5. The summed E-state index contributed by atoms with van der Waals surface area (Å²) in [6, 6.07) is 36.8. The second kappa shape index (κ2) is 14.5. The Morgan fingerprint density at radius 2 is 0.977 bits per heavy atom. The summed E-state index contributed by atoms with van der Waals surface area (Å²) < 4.78 is 4.47. The molecule has 2 unspecified atom stereocenters. The Kier molecular flexibility index (Phi) is 10.9. The van der Waals surface area contributed by atoms with Crippen LogP contribution in [0, 0.1) is 0 Å². The van der Waals surface area contributed by atoms with Crippen molar-refractivity contribution >= 4 is 12.2 Å². The molecular weight excluding hydrogens is 655 g/mol. The van der Waals surface area contributed by atoms with Crippen LogP contribution >= 0.6 is 0 Å².